The first-order chi connectivity index (χ1) is 8.19. The number of benzene rings is 1. The highest BCUT2D eigenvalue weighted by Crippen LogP contribution is 2.22. The van der Waals surface area contributed by atoms with Crippen LogP contribution >= 0.6 is 15.9 Å². The Kier molecular flexibility index (Phi) is 6.78. The Balaban J connectivity index is 2.75. The Hall–Kier alpha value is -0.380. The van der Waals surface area contributed by atoms with Crippen LogP contribution in [0, 0.1) is 6.92 Å². The maximum absolute atomic E-state index is 5.54. The molecule has 0 aliphatic carbocycles. The second-order valence-corrected chi connectivity index (χ2v) is 5.03. The topological polar surface area (TPSA) is 21.3 Å². The van der Waals surface area contributed by atoms with Gasteiger partial charge in [-0.1, -0.05) is 35.0 Å². The van der Waals surface area contributed by atoms with Gasteiger partial charge in [0.05, 0.1) is 12.6 Å². The van der Waals surface area contributed by atoms with Gasteiger partial charge in [-0.3, -0.25) is 0 Å². The quantitative estimate of drug-likeness (QED) is 0.826. The molecule has 1 atom stereocenters. The van der Waals surface area contributed by atoms with Gasteiger partial charge in [0.1, 0.15) is 0 Å². The van der Waals surface area contributed by atoms with Crippen LogP contribution in [0.1, 0.15) is 37.4 Å². The van der Waals surface area contributed by atoms with Crippen molar-refractivity contribution in [1.29, 1.82) is 0 Å². The molecule has 1 unspecified atom stereocenters. The van der Waals surface area contributed by atoms with Gasteiger partial charge >= 0.3 is 0 Å². The Morgan fingerprint density at radius 2 is 2.12 bits per heavy atom. The van der Waals surface area contributed by atoms with Crippen molar-refractivity contribution in [3.8, 4) is 0 Å². The molecule has 1 aromatic carbocycles. The molecule has 0 amide bonds. The highest BCUT2D eigenvalue weighted by molar-refractivity contribution is 9.10. The van der Waals surface area contributed by atoms with Gasteiger partial charge in [-0.25, -0.2) is 0 Å². The second kappa shape index (κ2) is 7.85. The van der Waals surface area contributed by atoms with Crippen molar-refractivity contribution >= 4 is 15.9 Å². The minimum absolute atomic E-state index is 0.284. The number of halogens is 1. The Bertz CT molecular complexity index is 333. The summed E-state index contributed by atoms with van der Waals surface area (Å²) in [6.45, 7) is 8.81. The summed E-state index contributed by atoms with van der Waals surface area (Å²) in [5, 5.41) is 3.52. The maximum Gasteiger partial charge on any atom is 0.0661 e. The predicted octanol–water partition coefficient (Wildman–Crippen LogP) is 3.83. The van der Waals surface area contributed by atoms with E-state index >= 15 is 0 Å². The molecule has 1 rings (SSSR count). The first-order valence-electron chi connectivity index (χ1n) is 6.26. The summed E-state index contributed by atoms with van der Waals surface area (Å²) in [5.74, 6) is 0. The summed E-state index contributed by atoms with van der Waals surface area (Å²) < 4.78 is 6.70. The van der Waals surface area contributed by atoms with E-state index < -0.39 is 0 Å². The standard InChI is InChI=1S/C14H22BrNO/c1-4-8-16-14(10-17-5-2)12-7-6-11(3)13(15)9-12/h6-7,9,14,16H,4-5,8,10H2,1-3H3. The molecule has 3 heteroatoms. The van der Waals surface area contributed by atoms with Gasteiger partial charge < -0.3 is 10.1 Å². The molecule has 0 saturated heterocycles. The van der Waals surface area contributed by atoms with Gasteiger partial charge in [-0.2, -0.15) is 0 Å². The fourth-order valence-corrected chi connectivity index (χ4v) is 2.05. The third-order valence-electron chi connectivity index (χ3n) is 2.73. The van der Waals surface area contributed by atoms with Crippen LogP contribution in [0.4, 0.5) is 0 Å². The van der Waals surface area contributed by atoms with Crippen molar-refractivity contribution in [2.45, 2.75) is 33.2 Å². The number of aryl methyl sites for hydroxylation is 1. The Morgan fingerprint density at radius 3 is 2.71 bits per heavy atom. The van der Waals surface area contributed by atoms with E-state index in [9.17, 15) is 0 Å². The van der Waals surface area contributed by atoms with Crippen LogP contribution in [0.15, 0.2) is 22.7 Å². The molecule has 1 aromatic rings. The summed E-state index contributed by atoms with van der Waals surface area (Å²) in [6, 6.07) is 6.78. The average molecular weight is 300 g/mol. The van der Waals surface area contributed by atoms with Crippen LogP contribution in [0.25, 0.3) is 0 Å². The van der Waals surface area contributed by atoms with E-state index in [0.29, 0.717) is 0 Å². The van der Waals surface area contributed by atoms with E-state index in [1.165, 1.54) is 11.1 Å². The lowest BCUT2D eigenvalue weighted by Gasteiger charge is -2.19. The molecule has 2 nitrogen and oxygen atoms in total. The van der Waals surface area contributed by atoms with Crippen molar-refractivity contribution in [1.82, 2.24) is 5.32 Å². The largest absolute Gasteiger partial charge is 0.380 e. The second-order valence-electron chi connectivity index (χ2n) is 4.17. The molecule has 0 spiro atoms. The summed E-state index contributed by atoms with van der Waals surface area (Å²) in [5.41, 5.74) is 2.55. The Labute approximate surface area is 113 Å². The molecule has 0 radical (unpaired) electrons. The van der Waals surface area contributed by atoms with E-state index in [1.54, 1.807) is 0 Å². The lowest BCUT2D eigenvalue weighted by atomic mass is 10.1. The number of ether oxygens (including phenoxy) is 1. The monoisotopic (exact) mass is 299 g/mol. The summed E-state index contributed by atoms with van der Waals surface area (Å²) >= 11 is 3.58. The molecule has 0 aliphatic heterocycles. The minimum Gasteiger partial charge on any atom is -0.380 e. The molecular weight excluding hydrogens is 278 g/mol. The van der Waals surface area contributed by atoms with Crippen molar-refractivity contribution in [3.63, 3.8) is 0 Å². The smallest absolute Gasteiger partial charge is 0.0661 e. The zero-order valence-electron chi connectivity index (χ0n) is 10.9. The summed E-state index contributed by atoms with van der Waals surface area (Å²) in [4.78, 5) is 0. The van der Waals surface area contributed by atoms with Crippen molar-refractivity contribution < 1.29 is 4.74 Å². The molecule has 1 N–H and O–H groups in total. The molecule has 96 valence electrons. The van der Waals surface area contributed by atoms with Gasteiger partial charge in [0.2, 0.25) is 0 Å². The fourth-order valence-electron chi connectivity index (χ4n) is 1.65. The number of hydrogen-bond donors (Lipinski definition) is 1. The van der Waals surface area contributed by atoms with E-state index in [2.05, 4.69) is 53.3 Å². The van der Waals surface area contributed by atoms with Gasteiger partial charge in [0.15, 0.2) is 0 Å². The predicted molar refractivity (Wildman–Crippen MR) is 76.4 cm³/mol. The number of rotatable bonds is 7. The average Bonchev–Trinajstić information content (AvgIpc) is 2.33. The molecular formula is C14H22BrNO. The third kappa shape index (κ3) is 4.78. The van der Waals surface area contributed by atoms with Crippen molar-refractivity contribution in [3.05, 3.63) is 33.8 Å². The zero-order chi connectivity index (χ0) is 12.7. The molecule has 0 heterocycles. The molecule has 17 heavy (non-hydrogen) atoms. The molecule has 0 fully saturated rings. The van der Waals surface area contributed by atoms with Crippen molar-refractivity contribution in [2.75, 3.05) is 19.8 Å². The normalized spacial score (nSPS) is 12.7. The first-order valence-corrected chi connectivity index (χ1v) is 7.05. The van der Waals surface area contributed by atoms with Crippen molar-refractivity contribution in [2.24, 2.45) is 0 Å². The molecule has 0 aromatic heterocycles. The van der Waals surface area contributed by atoms with Crippen LogP contribution in [0.5, 0.6) is 0 Å². The highest BCUT2D eigenvalue weighted by atomic mass is 79.9. The lowest BCUT2D eigenvalue weighted by molar-refractivity contribution is 0.123. The molecule has 0 aliphatic rings. The van der Waals surface area contributed by atoms with Gasteiger partial charge in [0, 0.05) is 11.1 Å². The maximum atomic E-state index is 5.54. The summed E-state index contributed by atoms with van der Waals surface area (Å²) in [6.07, 6.45) is 1.13. The van der Waals surface area contributed by atoms with E-state index in [-0.39, 0.29) is 6.04 Å². The number of hydrogen-bond acceptors (Lipinski definition) is 2. The van der Waals surface area contributed by atoms with Gasteiger partial charge in [-0.05, 0) is 44.0 Å². The fraction of sp³-hybridized carbons (Fsp3) is 0.571. The Morgan fingerprint density at radius 1 is 1.35 bits per heavy atom. The zero-order valence-corrected chi connectivity index (χ0v) is 12.5. The van der Waals surface area contributed by atoms with Crippen LogP contribution in [0.2, 0.25) is 0 Å². The third-order valence-corrected chi connectivity index (χ3v) is 3.58. The number of nitrogens with one attached hydrogen (secondary N) is 1. The van der Waals surface area contributed by atoms with E-state index in [1.807, 2.05) is 6.92 Å². The van der Waals surface area contributed by atoms with E-state index in [0.717, 1.165) is 30.7 Å². The highest BCUT2D eigenvalue weighted by Gasteiger charge is 2.11. The van der Waals surface area contributed by atoms with E-state index in [4.69, 9.17) is 4.74 Å². The summed E-state index contributed by atoms with van der Waals surface area (Å²) in [7, 11) is 0. The lowest BCUT2D eigenvalue weighted by Crippen LogP contribution is -2.26. The molecule has 0 saturated carbocycles. The van der Waals surface area contributed by atoms with Crippen LogP contribution < -0.4 is 5.32 Å². The minimum atomic E-state index is 0.284. The van der Waals surface area contributed by atoms with Crippen LogP contribution in [-0.4, -0.2) is 19.8 Å². The van der Waals surface area contributed by atoms with Crippen LogP contribution in [-0.2, 0) is 4.74 Å². The van der Waals surface area contributed by atoms with Gasteiger partial charge in [0.25, 0.3) is 0 Å². The SMILES string of the molecule is CCCNC(COCC)c1ccc(C)c(Br)c1. The molecule has 0 bridgehead atoms. The first kappa shape index (κ1) is 14.7. The van der Waals surface area contributed by atoms with Gasteiger partial charge in [-0.15, -0.1) is 0 Å². The van der Waals surface area contributed by atoms with Crippen LogP contribution in [0.3, 0.4) is 0 Å².